The third-order valence-corrected chi connectivity index (χ3v) is 4.02. The number of hydrogen-bond donors (Lipinski definition) is 1. The zero-order chi connectivity index (χ0) is 16.4. The van der Waals surface area contributed by atoms with Gasteiger partial charge in [0, 0.05) is 16.8 Å². The fourth-order valence-electron chi connectivity index (χ4n) is 2.90. The highest BCUT2D eigenvalue weighted by molar-refractivity contribution is 5.75. The van der Waals surface area contributed by atoms with Crippen molar-refractivity contribution >= 4 is 0 Å². The lowest BCUT2D eigenvalue weighted by Crippen LogP contribution is -2.17. The maximum absolute atomic E-state index is 5.83. The molecule has 0 bridgehead atoms. The normalized spacial score (nSPS) is 16.2. The van der Waals surface area contributed by atoms with Crippen LogP contribution >= 0.6 is 0 Å². The quantitative estimate of drug-likeness (QED) is 0.783. The zero-order valence-corrected chi connectivity index (χ0v) is 13.3. The van der Waals surface area contributed by atoms with Gasteiger partial charge in [-0.05, 0) is 12.5 Å². The van der Waals surface area contributed by atoms with Crippen LogP contribution in [0.2, 0.25) is 0 Å². The van der Waals surface area contributed by atoms with Crippen molar-refractivity contribution in [1.82, 2.24) is 15.5 Å². The lowest BCUT2D eigenvalue weighted by Gasteiger charge is -2.19. The lowest BCUT2D eigenvalue weighted by atomic mass is 9.96. The second-order valence-electron chi connectivity index (χ2n) is 5.71. The van der Waals surface area contributed by atoms with E-state index in [9.17, 15) is 0 Å². The van der Waals surface area contributed by atoms with Crippen LogP contribution in [0.15, 0.2) is 78.8 Å². The average Bonchev–Trinajstić information content (AvgIpc) is 3.08. The molecule has 0 aliphatic carbocycles. The number of nitrogens with one attached hydrogen (secondary N) is 1. The van der Waals surface area contributed by atoms with E-state index in [4.69, 9.17) is 4.74 Å². The van der Waals surface area contributed by atoms with E-state index in [2.05, 4.69) is 27.6 Å². The first-order chi connectivity index (χ1) is 11.8. The zero-order valence-electron chi connectivity index (χ0n) is 13.3. The number of aromatic nitrogens is 2. The van der Waals surface area contributed by atoms with Crippen molar-refractivity contribution in [1.29, 1.82) is 0 Å². The Balaban J connectivity index is 1.91. The molecule has 0 radical (unpaired) electrons. The van der Waals surface area contributed by atoms with E-state index in [1.165, 1.54) is 0 Å². The van der Waals surface area contributed by atoms with E-state index in [1.807, 2.05) is 55.5 Å². The topological polar surface area (TPSA) is 47.0 Å². The molecule has 4 rings (SSSR count). The van der Waals surface area contributed by atoms with Crippen molar-refractivity contribution in [3.63, 3.8) is 0 Å². The Morgan fingerprint density at radius 3 is 2.21 bits per heavy atom. The molecule has 0 amide bonds. The molecule has 0 saturated heterocycles. The van der Waals surface area contributed by atoms with Gasteiger partial charge < -0.3 is 10.1 Å². The van der Waals surface area contributed by atoms with Crippen molar-refractivity contribution in [2.75, 3.05) is 0 Å². The minimum absolute atomic E-state index is 0.272. The Hall–Kier alpha value is -3.14. The molecule has 1 N–H and O–H groups in total. The smallest absolute Gasteiger partial charge is 0.198 e. The van der Waals surface area contributed by atoms with Crippen molar-refractivity contribution in [2.45, 2.75) is 13.2 Å². The molecule has 1 aromatic heterocycles. The highest BCUT2D eigenvalue weighted by Gasteiger charge is 2.26. The van der Waals surface area contributed by atoms with Gasteiger partial charge in [-0.25, -0.2) is 0 Å². The number of allylic oxidation sites excluding steroid dienone is 1. The highest BCUT2D eigenvalue weighted by atomic mass is 16.5. The van der Waals surface area contributed by atoms with Crippen LogP contribution in [0, 0.1) is 0 Å². The van der Waals surface area contributed by atoms with E-state index < -0.39 is 0 Å². The van der Waals surface area contributed by atoms with Gasteiger partial charge in [0.05, 0.1) is 11.8 Å². The fourth-order valence-corrected chi connectivity index (χ4v) is 2.90. The van der Waals surface area contributed by atoms with E-state index >= 15 is 0 Å². The second kappa shape index (κ2) is 6.16. The molecule has 1 unspecified atom stereocenters. The minimum atomic E-state index is -0.272. The van der Waals surface area contributed by atoms with Crippen molar-refractivity contribution in [2.24, 2.45) is 0 Å². The first-order valence-electron chi connectivity index (χ1n) is 7.88. The Labute approximate surface area is 140 Å². The van der Waals surface area contributed by atoms with Crippen LogP contribution in [0.5, 0.6) is 0 Å². The Morgan fingerprint density at radius 1 is 0.917 bits per heavy atom. The van der Waals surface area contributed by atoms with Gasteiger partial charge in [0.2, 0.25) is 0 Å². The number of nitrogens with zero attached hydrogens (tertiary/aromatic N) is 2. The van der Waals surface area contributed by atoms with Gasteiger partial charge in [-0.2, -0.15) is 5.10 Å². The summed E-state index contributed by atoms with van der Waals surface area (Å²) in [6.07, 6.45) is 3.27. The van der Waals surface area contributed by atoms with Gasteiger partial charge >= 0.3 is 0 Å². The fraction of sp³-hybridized carbons (Fsp3) is 0.100. The van der Waals surface area contributed by atoms with Gasteiger partial charge in [0.15, 0.2) is 6.23 Å². The maximum atomic E-state index is 5.83. The molecule has 4 nitrogen and oxygen atoms in total. The van der Waals surface area contributed by atoms with Crippen molar-refractivity contribution in [3.8, 4) is 22.4 Å². The summed E-state index contributed by atoms with van der Waals surface area (Å²) in [4.78, 5) is 0. The molecule has 2 aromatic carbocycles. The predicted octanol–water partition coefficient (Wildman–Crippen LogP) is 4.29. The number of rotatable bonds is 3. The van der Waals surface area contributed by atoms with Crippen LogP contribution < -0.4 is 5.32 Å². The molecule has 0 spiro atoms. The molecular formula is C20H17N3O. The summed E-state index contributed by atoms with van der Waals surface area (Å²) in [5.41, 5.74) is 5.95. The molecule has 1 aliphatic rings. The van der Waals surface area contributed by atoms with Gasteiger partial charge in [-0.3, -0.25) is 0 Å². The van der Waals surface area contributed by atoms with Crippen LogP contribution in [0.25, 0.3) is 22.4 Å². The lowest BCUT2D eigenvalue weighted by molar-refractivity contribution is 0.155. The maximum Gasteiger partial charge on any atom is 0.198 e. The molecule has 4 heteroatoms. The molecular weight excluding hydrogens is 298 g/mol. The Bertz CT molecular complexity index is 818. The van der Waals surface area contributed by atoms with Crippen LogP contribution in [0.3, 0.4) is 0 Å². The van der Waals surface area contributed by atoms with Gasteiger partial charge in [0.25, 0.3) is 0 Å². The summed E-state index contributed by atoms with van der Waals surface area (Å²) < 4.78 is 5.83. The predicted molar refractivity (Wildman–Crippen MR) is 93.6 cm³/mol. The summed E-state index contributed by atoms with van der Waals surface area (Å²) in [5, 5.41) is 12.0. The third kappa shape index (κ3) is 2.63. The summed E-state index contributed by atoms with van der Waals surface area (Å²) in [6, 6.07) is 20.3. The number of benzene rings is 2. The van der Waals surface area contributed by atoms with E-state index in [0.717, 1.165) is 33.6 Å². The summed E-state index contributed by atoms with van der Waals surface area (Å²) in [7, 11) is 0. The first kappa shape index (κ1) is 14.5. The molecule has 0 fully saturated rings. The summed E-state index contributed by atoms with van der Waals surface area (Å²) in [6.45, 7) is 1.99. The Morgan fingerprint density at radius 2 is 1.58 bits per heavy atom. The molecule has 1 aliphatic heterocycles. The molecule has 1 atom stereocenters. The van der Waals surface area contributed by atoms with Crippen LogP contribution in [-0.2, 0) is 4.74 Å². The number of hydrogen-bond acceptors (Lipinski definition) is 4. The highest BCUT2D eigenvalue weighted by Crippen LogP contribution is 2.36. The van der Waals surface area contributed by atoms with Gasteiger partial charge in [0.1, 0.15) is 12.0 Å². The van der Waals surface area contributed by atoms with Crippen molar-refractivity contribution in [3.05, 3.63) is 84.4 Å². The third-order valence-electron chi connectivity index (χ3n) is 4.02. The molecule has 118 valence electrons. The molecule has 3 aromatic rings. The van der Waals surface area contributed by atoms with E-state index in [-0.39, 0.29) is 6.23 Å². The van der Waals surface area contributed by atoms with Crippen LogP contribution in [0.1, 0.15) is 18.7 Å². The second-order valence-corrected chi connectivity index (χ2v) is 5.71. The van der Waals surface area contributed by atoms with E-state index in [1.54, 1.807) is 12.5 Å². The molecule has 24 heavy (non-hydrogen) atoms. The largest absolute Gasteiger partial charge is 0.472 e. The standard InChI is InChI=1S/C20H17N3O/c1-14-13-24-20(22-14)18-17(15-8-4-2-5-9-15)12-21-23-19(18)16-10-6-3-7-11-16/h2-13,20,22H,1H3. The van der Waals surface area contributed by atoms with Crippen molar-refractivity contribution < 1.29 is 4.74 Å². The summed E-state index contributed by atoms with van der Waals surface area (Å²) in [5.74, 6) is 0. The summed E-state index contributed by atoms with van der Waals surface area (Å²) >= 11 is 0. The Kier molecular flexibility index (Phi) is 3.71. The van der Waals surface area contributed by atoms with E-state index in [0.29, 0.717) is 0 Å². The van der Waals surface area contributed by atoms with Gasteiger partial charge in [-0.1, -0.05) is 60.7 Å². The number of ether oxygens (including phenoxy) is 1. The SMILES string of the molecule is CC1=COC(c2c(-c3ccccc3)cnnc2-c2ccccc2)N1. The van der Waals surface area contributed by atoms with Crippen LogP contribution in [0.4, 0.5) is 0 Å². The minimum Gasteiger partial charge on any atom is -0.472 e. The monoisotopic (exact) mass is 315 g/mol. The molecule has 0 saturated carbocycles. The average molecular weight is 315 g/mol. The van der Waals surface area contributed by atoms with Crippen LogP contribution in [-0.4, -0.2) is 10.2 Å². The van der Waals surface area contributed by atoms with Gasteiger partial charge in [-0.15, -0.1) is 5.10 Å². The first-order valence-corrected chi connectivity index (χ1v) is 7.88. The molecule has 2 heterocycles.